The molecule has 158 valence electrons. The Morgan fingerprint density at radius 3 is 2.18 bits per heavy atom. The fraction of sp³-hybridized carbons (Fsp3) is 0.684. The van der Waals surface area contributed by atoms with Crippen molar-refractivity contribution in [2.75, 3.05) is 48.5 Å². The van der Waals surface area contributed by atoms with Crippen LogP contribution in [0.15, 0.2) is 17.0 Å². The molecule has 7 nitrogen and oxygen atoms in total. The molecule has 0 amide bonds. The van der Waals surface area contributed by atoms with Crippen LogP contribution in [0.2, 0.25) is 5.02 Å². The summed E-state index contributed by atoms with van der Waals surface area (Å²) in [5, 5.41) is 0.310. The van der Waals surface area contributed by atoms with Gasteiger partial charge in [-0.1, -0.05) is 11.6 Å². The number of rotatable bonds is 6. The Balaban J connectivity index is 1.89. The largest absolute Gasteiger partial charge is 0.495 e. The van der Waals surface area contributed by atoms with Crippen LogP contribution in [0.5, 0.6) is 11.5 Å². The van der Waals surface area contributed by atoms with Crippen molar-refractivity contribution in [3.8, 4) is 11.5 Å². The molecule has 0 bridgehead atoms. The van der Waals surface area contributed by atoms with Gasteiger partial charge in [-0.3, -0.25) is 0 Å². The van der Waals surface area contributed by atoms with Gasteiger partial charge < -0.3 is 19.1 Å². The third-order valence-electron chi connectivity index (χ3n) is 6.07. The first kappa shape index (κ1) is 21.6. The molecule has 0 N–H and O–H groups in total. The maximum absolute atomic E-state index is 13.4. The van der Waals surface area contributed by atoms with Crippen molar-refractivity contribution in [2.45, 2.75) is 29.9 Å². The van der Waals surface area contributed by atoms with Crippen molar-refractivity contribution >= 4 is 21.6 Å². The first-order valence-electron chi connectivity index (χ1n) is 9.33. The topological polar surface area (TPSA) is 68.3 Å². The molecule has 1 saturated carbocycles. The van der Waals surface area contributed by atoms with Gasteiger partial charge in [0, 0.05) is 38.4 Å². The first-order chi connectivity index (χ1) is 13.2. The number of ether oxygens (including phenoxy) is 3. The van der Waals surface area contributed by atoms with Crippen molar-refractivity contribution in [1.82, 2.24) is 9.21 Å². The molecule has 28 heavy (non-hydrogen) atoms. The Hall–Kier alpha value is -1.06. The fourth-order valence-electron chi connectivity index (χ4n) is 4.51. The van der Waals surface area contributed by atoms with Crippen molar-refractivity contribution in [3.63, 3.8) is 0 Å². The lowest BCUT2D eigenvalue weighted by Gasteiger charge is -2.40. The minimum Gasteiger partial charge on any atom is -0.495 e. The molecule has 9 heteroatoms. The highest BCUT2D eigenvalue weighted by atomic mass is 35.5. The summed E-state index contributed by atoms with van der Waals surface area (Å²) in [6.07, 6.45) is 1.89. The summed E-state index contributed by atoms with van der Waals surface area (Å²) in [6, 6.07) is 3.22. The van der Waals surface area contributed by atoms with Gasteiger partial charge in [0.15, 0.2) is 0 Å². The molecule has 0 unspecified atom stereocenters. The van der Waals surface area contributed by atoms with E-state index in [1.807, 2.05) is 14.1 Å². The van der Waals surface area contributed by atoms with Crippen LogP contribution < -0.4 is 9.47 Å². The molecule has 1 heterocycles. The summed E-state index contributed by atoms with van der Waals surface area (Å²) in [4.78, 5) is 2.26. The average molecular weight is 433 g/mol. The van der Waals surface area contributed by atoms with Crippen LogP contribution in [0.1, 0.15) is 12.8 Å². The molecule has 1 aliphatic heterocycles. The number of hydrogen-bond donors (Lipinski definition) is 0. The van der Waals surface area contributed by atoms with Crippen LogP contribution in [-0.4, -0.2) is 78.3 Å². The molecule has 3 rings (SSSR count). The van der Waals surface area contributed by atoms with Gasteiger partial charge in [-0.15, -0.1) is 0 Å². The molecular formula is C19H29ClN2O5S. The van der Waals surface area contributed by atoms with E-state index < -0.39 is 10.0 Å². The number of hydrogen-bond acceptors (Lipinski definition) is 6. The Morgan fingerprint density at radius 1 is 1.04 bits per heavy atom. The maximum Gasteiger partial charge on any atom is 0.246 e. The van der Waals surface area contributed by atoms with Crippen LogP contribution >= 0.6 is 11.6 Å². The molecular weight excluding hydrogens is 404 g/mol. The molecule has 0 spiro atoms. The van der Waals surface area contributed by atoms with E-state index in [9.17, 15) is 8.42 Å². The second-order valence-corrected chi connectivity index (χ2v) is 10.1. The Kier molecular flexibility index (Phi) is 6.46. The number of methoxy groups -OCH3 is 3. The monoisotopic (exact) mass is 432 g/mol. The van der Waals surface area contributed by atoms with E-state index in [1.54, 1.807) is 11.4 Å². The number of nitrogens with zero attached hydrogens (tertiary/aromatic N) is 2. The minimum atomic E-state index is -3.74. The van der Waals surface area contributed by atoms with Gasteiger partial charge in [0.25, 0.3) is 0 Å². The highest BCUT2D eigenvalue weighted by Crippen LogP contribution is 2.43. The number of likely N-dealkylation sites (N-methyl/N-ethyl adjacent to an activating group) is 1. The zero-order valence-corrected chi connectivity index (χ0v) is 18.6. The van der Waals surface area contributed by atoms with Crippen LogP contribution in [0.25, 0.3) is 0 Å². The number of benzene rings is 1. The van der Waals surface area contributed by atoms with E-state index in [2.05, 4.69) is 4.90 Å². The number of halogens is 1. The summed E-state index contributed by atoms with van der Waals surface area (Å²) >= 11 is 6.14. The normalized spacial score (nSPS) is 28.4. The zero-order chi connectivity index (χ0) is 20.6. The summed E-state index contributed by atoms with van der Waals surface area (Å²) in [6.45, 7) is 0.989. The molecule has 2 aliphatic rings. The van der Waals surface area contributed by atoms with E-state index in [-0.39, 0.29) is 22.7 Å². The highest BCUT2D eigenvalue weighted by Gasteiger charge is 2.46. The average Bonchev–Trinajstić information content (AvgIpc) is 3.10. The first-order valence-corrected chi connectivity index (χ1v) is 11.2. The molecule has 1 aromatic carbocycles. The molecule has 1 aromatic rings. The SMILES string of the molecule is COc1cc(S(=O)(=O)N2C[C@H]3C[C@@H](N(C)C)[C@H](OC)C[C@H]3C2)c(OC)cc1Cl. The Bertz CT molecular complexity index is 817. The van der Waals surface area contributed by atoms with Gasteiger partial charge in [0.2, 0.25) is 10.0 Å². The summed E-state index contributed by atoms with van der Waals surface area (Å²) in [5.41, 5.74) is 0. The van der Waals surface area contributed by atoms with Crippen molar-refractivity contribution in [3.05, 3.63) is 17.2 Å². The summed E-state index contributed by atoms with van der Waals surface area (Å²) < 4.78 is 44.6. The predicted octanol–water partition coefficient (Wildman–Crippen LogP) is 2.33. The second kappa shape index (κ2) is 8.36. The highest BCUT2D eigenvalue weighted by molar-refractivity contribution is 7.89. The Morgan fingerprint density at radius 2 is 1.64 bits per heavy atom. The maximum atomic E-state index is 13.4. The standard InChI is InChI=1S/C19H29ClN2O5S/c1-21(2)15-6-12-10-22(11-13(12)7-17(15)26-4)28(23,24)19-9-16(25-3)14(20)8-18(19)27-5/h8-9,12-13,15,17H,6-7,10-11H2,1-5H3/t12-,13+,15-,17-/m1/s1. The van der Waals surface area contributed by atoms with Gasteiger partial charge in [-0.2, -0.15) is 4.31 Å². The van der Waals surface area contributed by atoms with Gasteiger partial charge in [0.1, 0.15) is 16.4 Å². The van der Waals surface area contributed by atoms with Gasteiger partial charge >= 0.3 is 0 Å². The molecule has 0 radical (unpaired) electrons. The van der Waals surface area contributed by atoms with Crippen LogP contribution in [-0.2, 0) is 14.8 Å². The molecule has 1 saturated heterocycles. The lowest BCUT2D eigenvalue weighted by atomic mass is 9.77. The van der Waals surface area contributed by atoms with E-state index in [0.29, 0.717) is 35.8 Å². The van der Waals surface area contributed by atoms with Crippen molar-refractivity contribution in [2.24, 2.45) is 11.8 Å². The Labute approximate surface area is 172 Å². The number of fused-ring (bicyclic) bond motifs is 1. The summed E-state index contributed by atoms with van der Waals surface area (Å²) in [7, 11) is 4.99. The molecule has 1 aliphatic carbocycles. The second-order valence-electron chi connectivity index (χ2n) is 7.76. The van der Waals surface area contributed by atoms with Gasteiger partial charge in [-0.05, 0) is 38.8 Å². The van der Waals surface area contributed by atoms with E-state index in [0.717, 1.165) is 12.8 Å². The van der Waals surface area contributed by atoms with E-state index >= 15 is 0 Å². The number of sulfonamides is 1. The molecule has 0 aromatic heterocycles. The van der Waals surface area contributed by atoms with Gasteiger partial charge in [-0.25, -0.2) is 8.42 Å². The molecule has 2 fully saturated rings. The van der Waals surface area contributed by atoms with Crippen LogP contribution in [0.4, 0.5) is 0 Å². The van der Waals surface area contributed by atoms with Gasteiger partial charge in [0.05, 0.1) is 25.3 Å². The predicted molar refractivity (Wildman–Crippen MR) is 108 cm³/mol. The van der Waals surface area contributed by atoms with Crippen LogP contribution in [0.3, 0.4) is 0 Å². The van der Waals surface area contributed by atoms with Crippen molar-refractivity contribution < 1.29 is 22.6 Å². The van der Waals surface area contributed by atoms with E-state index in [4.69, 9.17) is 25.8 Å². The van der Waals surface area contributed by atoms with Crippen LogP contribution in [0, 0.1) is 11.8 Å². The fourth-order valence-corrected chi connectivity index (χ4v) is 6.45. The molecule has 4 atom stereocenters. The van der Waals surface area contributed by atoms with E-state index in [1.165, 1.54) is 26.4 Å². The third kappa shape index (κ3) is 3.85. The minimum absolute atomic E-state index is 0.0855. The van der Waals surface area contributed by atoms with Crippen molar-refractivity contribution in [1.29, 1.82) is 0 Å². The summed E-state index contributed by atoms with van der Waals surface area (Å²) in [5.74, 6) is 1.14. The zero-order valence-electron chi connectivity index (χ0n) is 17.0. The quantitative estimate of drug-likeness (QED) is 0.687. The third-order valence-corrected chi connectivity index (χ3v) is 8.22. The smallest absolute Gasteiger partial charge is 0.246 e. The lowest BCUT2D eigenvalue weighted by molar-refractivity contribution is -0.0209. The lowest BCUT2D eigenvalue weighted by Crippen LogP contribution is -2.47.